The molecule has 1 heterocycles. The van der Waals surface area contributed by atoms with Gasteiger partial charge in [-0.25, -0.2) is 4.68 Å². The van der Waals surface area contributed by atoms with Gasteiger partial charge in [0.05, 0.1) is 6.67 Å². The predicted octanol–water partition coefficient (Wildman–Crippen LogP) is 5.78. The van der Waals surface area contributed by atoms with E-state index in [0.29, 0.717) is 19.2 Å². The smallest absolute Gasteiger partial charge is 0.199 e. The minimum Gasteiger partial charge on any atom is -0.486 e. The normalized spacial score (nSPS) is 11.4. The molecule has 0 fully saturated rings. The molecule has 30 heavy (non-hydrogen) atoms. The van der Waals surface area contributed by atoms with E-state index in [2.05, 4.69) is 30.4 Å². The zero-order valence-corrected chi connectivity index (χ0v) is 19.4. The van der Waals surface area contributed by atoms with Gasteiger partial charge in [-0.1, -0.05) is 55.8 Å². The Morgan fingerprint density at radius 3 is 2.47 bits per heavy atom. The van der Waals surface area contributed by atoms with Crippen LogP contribution in [0.4, 0.5) is 0 Å². The molecule has 0 radical (unpaired) electrons. The van der Waals surface area contributed by atoms with Crippen LogP contribution in [0, 0.1) is 10.7 Å². The molecule has 3 rings (SSSR count). The summed E-state index contributed by atoms with van der Waals surface area (Å²) in [7, 11) is 2.06. The van der Waals surface area contributed by atoms with E-state index in [4.69, 9.17) is 33.7 Å². The van der Waals surface area contributed by atoms with E-state index in [9.17, 15) is 0 Å². The second-order valence-electron chi connectivity index (χ2n) is 7.92. The molecule has 0 spiro atoms. The van der Waals surface area contributed by atoms with Crippen LogP contribution in [0.3, 0.4) is 0 Å². The highest BCUT2D eigenvalue weighted by Crippen LogP contribution is 2.15. The molecule has 0 aliphatic rings. The van der Waals surface area contributed by atoms with Crippen molar-refractivity contribution in [1.82, 2.24) is 19.2 Å². The van der Waals surface area contributed by atoms with Crippen molar-refractivity contribution in [2.75, 3.05) is 7.05 Å². The second-order valence-corrected chi connectivity index (χ2v) is 8.72. The quantitative estimate of drug-likeness (QED) is 0.371. The Balaban J connectivity index is 1.74. The largest absolute Gasteiger partial charge is 0.486 e. The number of hydrogen-bond acceptors (Lipinski definition) is 4. The Morgan fingerprint density at radius 2 is 1.80 bits per heavy atom. The average molecular weight is 445 g/mol. The third-order valence-electron chi connectivity index (χ3n) is 4.78. The molecule has 5 nitrogen and oxygen atoms in total. The molecule has 0 saturated carbocycles. The Morgan fingerprint density at radius 1 is 1.10 bits per heavy atom. The highest BCUT2D eigenvalue weighted by atomic mass is 35.5. The summed E-state index contributed by atoms with van der Waals surface area (Å²) < 4.78 is 10.7. The molecule has 0 aliphatic carbocycles. The first kappa shape index (κ1) is 22.5. The van der Waals surface area contributed by atoms with Crippen LogP contribution in [0.1, 0.15) is 31.7 Å². The van der Waals surface area contributed by atoms with Gasteiger partial charge in [0, 0.05) is 18.1 Å². The van der Waals surface area contributed by atoms with Gasteiger partial charge in [0.2, 0.25) is 0 Å². The highest BCUT2D eigenvalue weighted by molar-refractivity contribution is 7.71. The lowest BCUT2D eigenvalue weighted by atomic mass is 10.1. The maximum Gasteiger partial charge on any atom is 0.199 e. The van der Waals surface area contributed by atoms with Crippen LogP contribution in [0.5, 0.6) is 5.75 Å². The van der Waals surface area contributed by atoms with E-state index < -0.39 is 0 Å². The van der Waals surface area contributed by atoms with E-state index >= 15 is 0 Å². The van der Waals surface area contributed by atoms with E-state index in [1.54, 1.807) is 0 Å². The molecule has 0 aliphatic heterocycles. The summed E-state index contributed by atoms with van der Waals surface area (Å²) in [5.41, 5.74) is 1.19. The summed E-state index contributed by atoms with van der Waals surface area (Å²) in [6.45, 7) is 7.05. The first-order valence-corrected chi connectivity index (χ1v) is 11.0. The summed E-state index contributed by atoms with van der Waals surface area (Å²) in [5.74, 6) is 2.27. The zero-order chi connectivity index (χ0) is 21.5. The molecule has 2 aromatic carbocycles. The number of halogens is 1. The number of ether oxygens (including phenoxy) is 1. The van der Waals surface area contributed by atoms with Crippen molar-refractivity contribution in [2.45, 2.75) is 46.6 Å². The molecule has 3 aromatic rings. The second kappa shape index (κ2) is 10.8. The standard InChI is InChI=1S/C23H29ClN4OS/c1-18(2)13-14-27-22(16-29-21-7-5-4-6-8-21)25-28(23(27)30)17-26(3)15-19-9-11-20(24)12-10-19/h4-12,18H,13-17H2,1-3H3. The van der Waals surface area contributed by atoms with Crippen molar-refractivity contribution in [3.8, 4) is 5.75 Å². The van der Waals surface area contributed by atoms with Crippen molar-refractivity contribution in [2.24, 2.45) is 5.92 Å². The van der Waals surface area contributed by atoms with Crippen LogP contribution in [0.25, 0.3) is 0 Å². The zero-order valence-electron chi connectivity index (χ0n) is 17.8. The molecule has 7 heteroatoms. The van der Waals surface area contributed by atoms with Crippen LogP contribution in [0.15, 0.2) is 54.6 Å². The number of para-hydroxylation sites is 1. The van der Waals surface area contributed by atoms with Crippen LogP contribution < -0.4 is 4.74 Å². The van der Waals surface area contributed by atoms with Crippen LogP contribution in [-0.2, 0) is 26.4 Å². The highest BCUT2D eigenvalue weighted by Gasteiger charge is 2.14. The minimum atomic E-state index is 0.389. The Hall–Kier alpha value is -2.15. The summed E-state index contributed by atoms with van der Waals surface area (Å²) in [6.07, 6.45) is 1.04. The van der Waals surface area contributed by atoms with Gasteiger partial charge in [-0.2, -0.15) is 5.10 Å². The molecule has 0 bridgehead atoms. The topological polar surface area (TPSA) is 35.2 Å². The monoisotopic (exact) mass is 444 g/mol. The average Bonchev–Trinajstić information content (AvgIpc) is 3.01. The molecule has 0 amide bonds. The lowest BCUT2D eigenvalue weighted by Crippen LogP contribution is -2.22. The van der Waals surface area contributed by atoms with Crippen molar-refractivity contribution >= 4 is 23.8 Å². The Kier molecular flexibility index (Phi) is 8.08. The third kappa shape index (κ3) is 6.42. The Bertz CT molecular complexity index is 983. The van der Waals surface area contributed by atoms with Crippen LogP contribution in [0.2, 0.25) is 5.02 Å². The molecular formula is C23H29ClN4OS. The van der Waals surface area contributed by atoms with E-state index in [1.165, 1.54) is 5.56 Å². The first-order valence-electron chi connectivity index (χ1n) is 10.2. The van der Waals surface area contributed by atoms with Gasteiger partial charge >= 0.3 is 0 Å². The summed E-state index contributed by atoms with van der Waals surface area (Å²) in [6, 6.07) is 17.7. The fourth-order valence-corrected chi connectivity index (χ4v) is 3.56. The summed E-state index contributed by atoms with van der Waals surface area (Å²) in [4.78, 5) is 2.18. The number of rotatable bonds is 10. The molecule has 0 atom stereocenters. The first-order chi connectivity index (χ1) is 14.4. The molecule has 0 saturated heterocycles. The number of nitrogens with zero attached hydrogens (tertiary/aromatic N) is 4. The number of benzene rings is 2. The van der Waals surface area contributed by atoms with Gasteiger partial charge in [0.25, 0.3) is 0 Å². The van der Waals surface area contributed by atoms with E-state index in [-0.39, 0.29) is 0 Å². The molecule has 1 aromatic heterocycles. The molecule has 0 N–H and O–H groups in total. The summed E-state index contributed by atoms with van der Waals surface area (Å²) >= 11 is 11.7. The maximum absolute atomic E-state index is 5.99. The van der Waals surface area contributed by atoms with Crippen molar-refractivity contribution in [3.63, 3.8) is 0 Å². The Labute approximate surface area is 188 Å². The van der Waals surface area contributed by atoms with Crippen molar-refractivity contribution in [3.05, 3.63) is 75.8 Å². The van der Waals surface area contributed by atoms with Gasteiger partial charge in [0.1, 0.15) is 12.4 Å². The lowest BCUT2D eigenvalue weighted by molar-refractivity contribution is 0.241. The SMILES string of the molecule is CC(C)CCn1c(COc2ccccc2)nn(CN(C)Cc2ccc(Cl)cc2)c1=S. The third-order valence-corrected chi connectivity index (χ3v) is 5.46. The fraction of sp³-hybridized carbons (Fsp3) is 0.391. The van der Waals surface area contributed by atoms with E-state index in [1.807, 2.05) is 59.3 Å². The van der Waals surface area contributed by atoms with Gasteiger partial charge in [-0.05, 0) is 61.4 Å². The van der Waals surface area contributed by atoms with Crippen LogP contribution in [-0.4, -0.2) is 26.3 Å². The van der Waals surface area contributed by atoms with Gasteiger partial charge in [-0.3, -0.25) is 4.90 Å². The van der Waals surface area contributed by atoms with E-state index in [0.717, 1.165) is 40.9 Å². The van der Waals surface area contributed by atoms with Gasteiger partial charge < -0.3 is 9.30 Å². The minimum absolute atomic E-state index is 0.389. The lowest BCUT2D eigenvalue weighted by Gasteiger charge is -2.16. The number of hydrogen-bond donors (Lipinski definition) is 0. The van der Waals surface area contributed by atoms with Gasteiger partial charge in [0.15, 0.2) is 10.6 Å². The summed E-state index contributed by atoms with van der Waals surface area (Å²) in [5, 5.41) is 5.53. The van der Waals surface area contributed by atoms with Crippen molar-refractivity contribution < 1.29 is 4.74 Å². The fourth-order valence-electron chi connectivity index (χ4n) is 3.14. The van der Waals surface area contributed by atoms with Crippen LogP contribution >= 0.6 is 23.8 Å². The van der Waals surface area contributed by atoms with Gasteiger partial charge in [-0.15, -0.1) is 0 Å². The molecule has 0 unspecified atom stereocenters. The number of aromatic nitrogens is 3. The van der Waals surface area contributed by atoms with Crippen molar-refractivity contribution in [1.29, 1.82) is 0 Å². The predicted molar refractivity (Wildman–Crippen MR) is 124 cm³/mol. The molecule has 160 valence electrons. The molecular weight excluding hydrogens is 416 g/mol. The maximum atomic E-state index is 5.99.